The lowest BCUT2D eigenvalue weighted by Crippen LogP contribution is -2.20. The molecule has 1 amide bonds. The number of hydrogen-bond donors (Lipinski definition) is 2. The SMILES string of the molecule is Cc1cc(=O)c(CNC=O)c(-c2cccnc2)[nH]1. The molecule has 0 aliphatic heterocycles. The van der Waals surface area contributed by atoms with Crippen LogP contribution < -0.4 is 10.7 Å². The Balaban J connectivity index is 2.57. The zero-order valence-electron chi connectivity index (χ0n) is 9.93. The molecule has 0 atom stereocenters. The average molecular weight is 243 g/mol. The van der Waals surface area contributed by atoms with Crippen LogP contribution in [0.4, 0.5) is 0 Å². The number of carbonyl (C=O) groups is 1. The number of pyridine rings is 2. The number of nitrogens with one attached hydrogen (secondary N) is 2. The lowest BCUT2D eigenvalue weighted by molar-refractivity contribution is -0.109. The van der Waals surface area contributed by atoms with E-state index in [2.05, 4.69) is 15.3 Å². The normalized spacial score (nSPS) is 10.1. The van der Waals surface area contributed by atoms with Crippen molar-refractivity contribution >= 4 is 6.41 Å². The second kappa shape index (κ2) is 5.27. The highest BCUT2D eigenvalue weighted by Crippen LogP contribution is 2.18. The van der Waals surface area contributed by atoms with Crippen molar-refractivity contribution < 1.29 is 4.79 Å². The van der Waals surface area contributed by atoms with E-state index in [9.17, 15) is 9.59 Å². The monoisotopic (exact) mass is 243 g/mol. The summed E-state index contributed by atoms with van der Waals surface area (Å²) in [5.41, 5.74) is 2.72. The smallest absolute Gasteiger partial charge is 0.207 e. The van der Waals surface area contributed by atoms with E-state index in [0.29, 0.717) is 17.7 Å². The zero-order valence-corrected chi connectivity index (χ0v) is 9.93. The van der Waals surface area contributed by atoms with Crippen molar-refractivity contribution in [2.45, 2.75) is 13.5 Å². The van der Waals surface area contributed by atoms with E-state index in [1.54, 1.807) is 18.5 Å². The third kappa shape index (κ3) is 2.45. The average Bonchev–Trinajstić information content (AvgIpc) is 2.38. The molecule has 0 spiro atoms. The van der Waals surface area contributed by atoms with Crippen LogP contribution in [0.3, 0.4) is 0 Å². The lowest BCUT2D eigenvalue weighted by atomic mass is 10.1. The Hall–Kier alpha value is -2.43. The van der Waals surface area contributed by atoms with Crippen LogP contribution in [0.5, 0.6) is 0 Å². The van der Waals surface area contributed by atoms with Crippen molar-refractivity contribution in [2.24, 2.45) is 0 Å². The molecule has 0 radical (unpaired) electrons. The summed E-state index contributed by atoms with van der Waals surface area (Å²) in [6.45, 7) is 2.02. The van der Waals surface area contributed by atoms with Crippen molar-refractivity contribution in [3.63, 3.8) is 0 Å². The van der Waals surface area contributed by atoms with Gasteiger partial charge in [-0.15, -0.1) is 0 Å². The van der Waals surface area contributed by atoms with E-state index < -0.39 is 0 Å². The highest BCUT2D eigenvalue weighted by atomic mass is 16.1. The molecule has 92 valence electrons. The number of carbonyl (C=O) groups excluding carboxylic acids is 1. The first-order valence-corrected chi connectivity index (χ1v) is 5.52. The Morgan fingerprint density at radius 3 is 3.00 bits per heavy atom. The van der Waals surface area contributed by atoms with E-state index in [1.807, 2.05) is 13.0 Å². The summed E-state index contributed by atoms with van der Waals surface area (Å²) in [7, 11) is 0. The molecule has 2 aromatic heterocycles. The fourth-order valence-electron chi connectivity index (χ4n) is 1.79. The molecule has 0 bridgehead atoms. The molecule has 2 rings (SSSR count). The van der Waals surface area contributed by atoms with Gasteiger partial charge in [-0.1, -0.05) is 0 Å². The summed E-state index contributed by atoms with van der Waals surface area (Å²) in [4.78, 5) is 29.5. The molecule has 0 saturated heterocycles. The molecule has 0 saturated carbocycles. The van der Waals surface area contributed by atoms with Crippen molar-refractivity contribution in [3.05, 3.63) is 52.1 Å². The first kappa shape index (κ1) is 12.0. The Morgan fingerprint density at radius 2 is 2.33 bits per heavy atom. The molecule has 18 heavy (non-hydrogen) atoms. The summed E-state index contributed by atoms with van der Waals surface area (Å²) in [5, 5.41) is 2.51. The first-order chi connectivity index (χ1) is 8.72. The highest BCUT2D eigenvalue weighted by molar-refractivity contribution is 5.62. The third-order valence-electron chi connectivity index (χ3n) is 2.58. The van der Waals surface area contributed by atoms with Crippen molar-refractivity contribution in [1.29, 1.82) is 0 Å². The molecule has 2 N–H and O–H groups in total. The van der Waals surface area contributed by atoms with Gasteiger partial charge in [-0.25, -0.2) is 0 Å². The van der Waals surface area contributed by atoms with Gasteiger partial charge in [-0.05, 0) is 19.1 Å². The maximum Gasteiger partial charge on any atom is 0.207 e. The Kier molecular flexibility index (Phi) is 3.52. The molecule has 2 aromatic rings. The highest BCUT2D eigenvalue weighted by Gasteiger charge is 2.10. The first-order valence-electron chi connectivity index (χ1n) is 5.52. The van der Waals surface area contributed by atoms with Gasteiger partial charge in [0.1, 0.15) is 0 Å². The molecule has 0 fully saturated rings. The maximum atomic E-state index is 11.9. The predicted molar refractivity (Wildman–Crippen MR) is 67.9 cm³/mol. The van der Waals surface area contributed by atoms with Gasteiger partial charge in [0.2, 0.25) is 6.41 Å². The van der Waals surface area contributed by atoms with Crippen LogP contribution in [0.25, 0.3) is 11.3 Å². The fourth-order valence-corrected chi connectivity index (χ4v) is 1.79. The molecular formula is C13H13N3O2. The van der Waals surface area contributed by atoms with Crippen LogP contribution in [0.15, 0.2) is 35.4 Å². The Morgan fingerprint density at radius 1 is 1.50 bits per heavy atom. The van der Waals surface area contributed by atoms with E-state index in [-0.39, 0.29) is 12.0 Å². The molecule has 0 unspecified atom stereocenters. The Labute approximate surface area is 104 Å². The number of H-pyrrole nitrogens is 1. The molecule has 0 aliphatic carbocycles. The Bertz CT molecular complexity index is 605. The number of rotatable bonds is 4. The number of aromatic amines is 1. The number of amides is 1. The van der Waals surface area contributed by atoms with Gasteiger partial charge in [-0.2, -0.15) is 0 Å². The van der Waals surface area contributed by atoms with E-state index >= 15 is 0 Å². The molecule has 2 heterocycles. The number of nitrogens with zero attached hydrogens (tertiary/aromatic N) is 1. The van der Waals surface area contributed by atoms with Crippen molar-refractivity contribution in [1.82, 2.24) is 15.3 Å². The third-order valence-corrected chi connectivity index (χ3v) is 2.58. The fraction of sp³-hybridized carbons (Fsp3) is 0.154. The van der Waals surface area contributed by atoms with Crippen LogP contribution in [0.1, 0.15) is 11.3 Å². The lowest BCUT2D eigenvalue weighted by Gasteiger charge is -2.09. The largest absolute Gasteiger partial charge is 0.358 e. The maximum absolute atomic E-state index is 11.9. The molecule has 0 aromatic carbocycles. The van der Waals surface area contributed by atoms with Crippen LogP contribution in [-0.4, -0.2) is 16.4 Å². The number of aryl methyl sites for hydroxylation is 1. The minimum absolute atomic E-state index is 0.0977. The van der Waals surface area contributed by atoms with Gasteiger partial charge in [0.15, 0.2) is 5.43 Å². The molecular weight excluding hydrogens is 230 g/mol. The van der Waals surface area contributed by atoms with Crippen molar-refractivity contribution in [3.8, 4) is 11.3 Å². The zero-order chi connectivity index (χ0) is 13.0. The van der Waals surface area contributed by atoms with E-state index in [0.717, 1.165) is 11.3 Å². The molecule has 0 aliphatic rings. The van der Waals surface area contributed by atoms with Gasteiger partial charge >= 0.3 is 0 Å². The van der Waals surface area contributed by atoms with Crippen LogP contribution in [-0.2, 0) is 11.3 Å². The van der Waals surface area contributed by atoms with E-state index in [4.69, 9.17) is 0 Å². The number of aromatic nitrogens is 2. The summed E-state index contributed by atoms with van der Waals surface area (Å²) in [6, 6.07) is 5.18. The van der Waals surface area contributed by atoms with Crippen LogP contribution in [0.2, 0.25) is 0 Å². The van der Waals surface area contributed by atoms with E-state index in [1.165, 1.54) is 6.07 Å². The summed E-state index contributed by atoms with van der Waals surface area (Å²) < 4.78 is 0. The van der Waals surface area contributed by atoms with Crippen molar-refractivity contribution in [2.75, 3.05) is 0 Å². The minimum atomic E-state index is -0.0977. The second-order valence-corrected chi connectivity index (χ2v) is 3.91. The van der Waals surface area contributed by atoms with Gasteiger partial charge in [0.05, 0.1) is 5.69 Å². The molecule has 5 heteroatoms. The standard InChI is InChI=1S/C13H13N3O2/c1-9-5-12(18)11(7-15-8-17)13(16-9)10-3-2-4-14-6-10/h2-6,8H,7H2,1H3,(H,15,17)(H,16,18). The van der Waals surface area contributed by atoms with Gasteiger partial charge in [-0.3, -0.25) is 14.6 Å². The van der Waals surface area contributed by atoms with Crippen LogP contribution >= 0.6 is 0 Å². The summed E-state index contributed by atoms with van der Waals surface area (Å²) in [5.74, 6) is 0. The van der Waals surface area contributed by atoms with Gasteiger partial charge in [0, 0.05) is 41.8 Å². The van der Waals surface area contributed by atoms with Crippen LogP contribution in [0, 0.1) is 6.92 Å². The minimum Gasteiger partial charge on any atom is -0.358 e. The molecule has 5 nitrogen and oxygen atoms in total. The van der Waals surface area contributed by atoms with Gasteiger partial charge in [0.25, 0.3) is 0 Å². The summed E-state index contributed by atoms with van der Waals surface area (Å²) in [6.07, 6.45) is 3.92. The summed E-state index contributed by atoms with van der Waals surface area (Å²) >= 11 is 0. The number of hydrogen-bond acceptors (Lipinski definition) is 3. The quantitative estimate of drug-likeness (QED) is 0.786. The topological polar surface area (TPSA) is 74.8 Å². The van der Waals surface area contributed by atoms with Gasteiger partial charge < -0.3 is 10.3 Å². The second-order valence-electron chi connectivity index (χ2n) is 3.91. The predicted octanol–water partition coefficient (Wildman–Crippen LogP) is 0.991.